The number of rotatable bonds is 5. The molecule has 0 fully saturated rings. The number of anilines is 1. The fourth-order valence-corrected chi connectivity index (χ4v) is 3.59. The summed E-state index contributed by atoms with van der Waals surface area (Å²) in [5.74, 6) is -1.62. The summed E-state index contributed by atoms with van der Waals surface area (Å²) < 4.78 is 53.9. The molecule has 0 saturated heterocycles. The zero-order chi connectivity index (χ0) is 20.3. The van der Waals surface area contributed by atoms with E-state index in [4.69, 9.17) is 5.73 Å². The normalized spacial score (nSPS) is 11.4. The monoisotopic (exact) mass is 409 g/mol. The van der Waals surface area contributed by atoms with Gasteiger partial charge < -0.3 is 11.1 Å². The number of hydrogen-bond donors (Lipinski definition) is 2. The summed E-state index contributed by atoms with van der Waals surface area (Å²) in [5.41, 5.74) is 5.66. The molecule has 146 valence electrons. The summed E-state index contributed by atoms with van der Waals surface area (Å²) in [7, 11) is 0. The molecule has 0 atom stereocenters. The molecule has 0 unspecified atom stereocenters. The lowest BCUT2D eigenvalue weighted by Crippen LogP contribution is -2.27. The minimum absolute atomic E-state index is 0.0863. The minimum atomic E-state index is -4.83. The van der Waals surface area contributed by atoms with Crippen LogP contribution in [0.15, 0.2) is 48.5 Å². The average molecular weight is 409 g/mol. The smallest absolute Gasteiger partial charge is 0.399 e. The number of alkyl halides is 3. The van der Waals surface area contributed by atoms with Gasteiger partial charge in [-0.25, -0.2) is 9.37 Å². The predicted octanol–water partition coefficient (Wildman–Crippen LogP) is 4.52. The Morgan fingerprint density at radius 1 is 1.14 bits per heavy atom. The summed E-state index contributed by atoms with van der Waals surface area (Å²) in [4.78, 5) is 15.2. The van der Waals surface area contributed by atoms with E-state index in [0.29, 0.717) is 23.4 Å². The van der Waals surface area contributed by atoms with Crippen molar-refractivity contribution in [3.8, 4) is 10.6 Å². The maximum atomic E-state index is 13.9. The Balaban J connectivity index is 1.81. The first-order valence-corrected chi connectivity index (χ1v) is 9.03. The number of aromatic nitrogens is 1. The Kier molecular flexibility index (Phi) is 5.64. The molecule has 1 aromatic heterocycles. The fourth-order valence-electron chi connectivity index (χ4n) is 2.57. The Labute approximate surface area is 162 Å². The van der Waals surface area contributed by atoms with E-state index >= 15 is 0 Å². The summed E-state index contributed by atoms with van der Waals surface area (Å²) in [6, 6.07) is 12.3. The van der Waals surface area contributed by atoms with Crippen LogP contribution < -0.4 is 11.1 Å². The summed E-state index contributed by atoms with van der Waals surface area (Å²) >= 11 is 0.507. The van der Waals surface area contributed by atoms with Gasteiger partial charge in [0, 0.05) is 17.8 Å². The van der Waals surface area contributed by atoms with E-state index in [1.807, 2.05) is 0 Å². The summed E-state index contributed by atoms with van der Waals surface area (Å²) in [6.45, 7) is 0.118. The van der Waals surface area contributed by atoms with E-state index in [9.17, 15) is 22.4 Å². The van der Waals surface area contributed by atoms with Crippen LogP contribution >= 0.6 is 11.3 Å². The van der Waals surface area contributed by atoms with Crippen LogP contribution in [0.1, 0.15) is 20.9 Å². The van der Waals surface area contributed by atoms with Gasteiger partial charge >= 0.3 is 6.18 Å². The average Bonchev–Trinajstić information content (AvgIpc) is 3.08. The second-order valence-electron chi connectivity index (χ2n) is 5.93. The number of nitrogens with two attached hydrogens (primary N) is 1. The van der Waals surface area contributed by atoms with E-state index in [1.54, 1.807) is 24.3 Å². The first-order valence-electron chi connectivity index (χ1n) is 8.21. The Bertz CT molecular complexity index is 1000. The Morgan fingerprint density at radius 2 is 1.89 bits per heavy atom. The van der Waals surface area contributed by atoms with E-state index in [0.717, 1.165) is 11.6 Å². The lowest BCUT2D eigenvalue weighted by molar-refractivity contribution is -0.141. The van der Waals surface area contributed by atoms with E-state index in [1.165, 1.54) is 18.2 Å². The second-order valence-corrected chi connectivity index (χ2v) is 6.92. The van der Waals surface area contributed by atoms with Crippen LogP contribution in [0.5, 0.6) is 0 Å². The zero-order valence-corrected chi connectivity index (χ0v) is 15.2. The number of carbonyl (C=O) groups excluding carboxylic acids is 1. The molecule has 0 aliphatic heterocycles. The third-order valence-electron chi connectivity index (χ3n) is 3.86. The number of hydrogen-bond acceptors (Lipinski definition) is 4. The first-order chi connectivity index (χ1) is 13.3. The van der Waals surface area contributed by atoms with Gasteiger partial charge in [-0.1, -0.05) is 24.3 Å². The molecule has 0 aliphatic carbocycles. The molecule has 4 nitrogen and oxygen atoms in total. The van der Waals surface area contributed by atoms with Gasteiger partial charge in [0.1, 0.15) is 15.7 Å². The third kappa shape index (κ3) is 4.48. The van der Waals surface area contributed by atoms with E-state index in [2.05, 4.69) is 10.3 Å². The van der Waals surface area contributed by atoms with Crippen molar-refractivity contribution in [2.45, 2.75) is 12.6 Å². The van der Waals surface area contributed by atoms with Crippen molar-refractivity contribution in [3.05, 3.63) is 70.5 Å². The highest BCUT2D eigenvalue weighted by Crippen LogP contribution is 2.38. The van der Waals surface area contributed by atoms with Crippen LogP contribution in [-0.4, -0.2) is 17.4 Å². The van der Waals surface area contributed by atoms with Crippen molar-refractivity contribution in [3.63, 3.8) is 0 Å². The van der Waals surface area contributed by atoms with Crippen LogP contribution in [0, 0.1) is 5.82 Å². The van der Waals surface area contributed by atoms with Crippen LogP contribution in [-0.2, 0) is 12.6 Å². The molecule has 1 amide bonds. The molecular weight excluding hydrogens is 394 g/mol. The minimum Gasteiger partial charge on any atom is -0.399 e. The second kappa shape index (κ2) is 7.97. The fraction of sp³-hybridized carbons (Fsp3) is 0.158. The molecule has 0 spiro atoms. The van der Waals surface area contributed by atoms with Crippen LogP contribution in [0.4, 0.5) is 23.2 Å². The lowest BCUT2D eigenvalue weighted by atomic mass is 10.1. The molecule has 2 aromatic carbocycles. The maximum Gasteiger partial charge on any atom is 0.435 e. The highest BCUT2D eigenvalue weighted by molar-refractivity contribution is 7.17. The molecule has 3 aromatic rings. The quantitative estimate of drug-likeness (QED) is 0.481. The number of nitrogen functional groups attached to an aromatic ring is 1. The van der Waals surface area contributed by atoms with Gasteiger partial charge in [-0.15, -0.1) is 11.3 Å². The van der Waals surface area contributed by atoms with Gasteiger partial charge in [-0.2, -0.15) is 13.2 Å². The van der Waals surface area contributed by atoms with Crippen LogP contribution in [0.2, 0.25) is 0 Å². The highest BCUT2D eigenvalue weighted by atomic mass is 32.1. The third-order valence-corrected chi connectivity index (χ3v) is 4.94. The van der Waals surface area contributed by atoms with E-state index in [-0.39, 0.29) is 17.1 Å². The van der Waals surface area contributed by atoms with Gasteiger partial charge in [-0.3, -0.25) is 4.79 Å². The Morgan fingerprint density at radius 3 is 2.57 bits per heavy atom. The van der Waals surface area contributed by atoms with Gasteiger partial charge in [0.15, 0.2) is 5.69 Å². The number of amides is 1. The number of carbonyl (C=O) groups is 1. The predicted molar refractivity (Wildman–Crippen MR) is 99.4 cm³/mol. The molecule has 3 N–H and O–H groups in total. The number of nitrogens with one attached hydrogen (secondary N) is 1. The van der Waals surface area contributed by atoms with Crippen molar-refractivity contribution in [2.24, 2.45) is 0 Å². The standard InChI is InChI=1S/C19H15F4N3OS/c20-14-7-2-1-6-13(14)18-26-16(19(21,22)23)15(28-18)17(27)25-9-8-11-4-3-5-12(24)10-11/h1-7,10H,8-9,24H2,(H,25,27). The van der Waals surface area contributed by atoms with Gasteiger partial charge in [0.2, 0.25) is 0 Å². The van der Waals surface area contributed by atoms with Gasteiger partial charge in [0.25, 0.3) is 5.91 Å². The topological polar surface area (TPSA) is 68.0 Å². The molecule has 9 heteroatoms. The number of thiazole rings is 1. The molecule has 0 aliphatic rings. The van der Waals surface area contributed by atoms with Crippen molar-refractivity contribution < 1.29 is 22.4 Å². The maximum absolute atomic E-state index is 13.9. The van der Waals surface area contributed by atoms with Crippen molar-refractivity contribution in [2.75, 3.05) is 12.3 Å². The number of benzene rings is 2. The molecule has 0 bridgehead atoms. The SMILES string of the molecule is Nc1cccc(CCNC(=O)c2sc(-c3ccccc3F)nc2C(F)(F)F)c1. The van der Waals surface area contributed by atoms with Gasteiger partial charge in [0.05, 0.1) is 0 Å². The summed E-state index contributed by atoms with van der Waals surface area (Å²) in [6.07, 6.45) is -4.43. The number of halogens is 4. The largest absolute Gasteiger partial charge is 0.435 e. The molecule has 0 saturated carbocycles. The molecule has 1 heterocycles. The Hall–Kier alpha value is -2.94. The van der Waals surface area contributed by atoms with Crippen molar-refractivity contribution >= 4 is 22.9 Å². The molecule has 28 heavy (non-hydrogen) atoms. The number of nitrogens with zero attached hydrogens (tertiary/aromatic N) is 1. The lowest BCUT2D eigenvalue weighted by Gasteiger charge is -2.07. The van der Waals surface area contributed by atoms with Crippen molar-refractivity contribution in [1.82, 2.24) is 10.3 Å². The van der Waals surface area contributed by atoms with Crippen LogP contribution in [0.25, 0.3) is 10.6 Å². The van der Waals surface area contributed by atoms with Crippen molar-refractivity contribution in [1.29, 1.82) is 0 Å². The van der Waals surface area contributed by atoms with E-state index < -0.39 is 28.5 Å². The molecule has 3 rings (SSSR count). The summed E-state index contributed by atoms with van der Waals surface area (Å²) in [5, 5.41) is 2.25. The van der Waals surface area contributed by atoms with Crippen LogP contribution in [0.3, 0.4) is 0 Å². The van der Waals surface area contributed by atoms with Gasteiger partial charge in [-0.05, 0) is 36.2 Å². The first kappa shape index (κ1) is 19.8. The zero-order valence-electron chi connectivity index (χ0n) is 14.4. The molecular formula is C19H15F4N3OS. The molecule has 0 radical (unpaired) electrons. The highest BCUT2D eigenvalue weighted by Gasteiger charge is 2.40.